The summed E-state index contributed by atoms with van der Waals surface area (Å²) in [5, 5.41) is 0. The van der Waals surface area contributed by atoms with E-state index >= 15 is 0 Å². The highest BCUT2D eigenvalue weighted by Crippen LogP contribution is 2.29. The first kappa shape index (κ1) is 15.5. The van der Waals surface area contributed by atoms with Crippen LogP contribution in [-0.2, 0) is 11.3 Å². The van der Waals surface area contributed by atoms with E-state index in [-0.39, 0.29) is 0 Å². The third-order valence-corrected chi connectivity index (χ3v) is 5.15. The molecule has 1 aromatic rings. The maximum absolute atomic E-state index is 12.7. The number of amides is 1. The second kappa shape index (κ2) is 7.28. The zero-order chi connectivity index (χ0) is 15.4. The second-order valence-electron chi connectivity index (χ2n) is 6.92. The van der Waals surface area contributed by atoms with E-state index in [2.05, 4.69) is 29.2 Å². The lowest BCUT2D eigenvalue weighted by Gasteiger charge is -2.33. The van der Waals surface area contributed by atoms with Crippen LogP contribution in [0.1, 0.15) is 50.5 Å². The van der Waals surface area contributed by atoms with Crippen LogP contribution >= 0.6 is 0 Å². The summed E-state index contributed by atoms with van der Waals surface area (Å²) in [5.41, 5.74) is 1.31. The fourth-order valence-electron chi connectivity index (χ4n) is 3.53. The van der Waals surface area contributed by atoms with Gasteiger partial charge in [0, 0.05) is 25.7 Å². The van der Waals surface area contributed by atoms with Crippen LogP contribution in [0.25, 0.3) is 0 Å². The van der Waals surface area contributed by atoms with E-state index in [1.54, 1.807) is 0 Å². The molecule has 120 valence electrons. The van der Waals surface area contributed by atoms with Crippen LogP contribution in [0, 0.1) is 0 Å². The van der Waals surface area contributed by atoms with Gasteiger partial charge in [0.15, 0.2) is 0 Å². The van der Waals surface area contributed by atoms with E-state index in [0.717, 1.165) is 6.54 Å². The molecular weight excluding hydrogens is 272 g/mol. The number of hydrogen-bond donors (Lipinski definition) is 0. The smallest absolute Gasteiger partial charge is 0.236 e. The number of likely N-dealkylation sites (N-methyl/N-ethyl adjacent to an activating group) is 1. The maximum Gasteiger partial charge on any atom is 0.236 e. The number of nitrogens with zero attached hydrogens (tertiary/aromatic N) is 2. The molecule has 0 saturated heterocycles. The maximum atomic E-state index is 12.7. The molecule has 3 nitrogen and oxygen atoms in total. The van der Waals surface area contributed by atoms with Gasteiger partial charge in [-0.05, 0) is 31.2 Å². The Morgan fingerprint density at radius 1 is 1.00 bits per heavy atom. The topological polar surface area (TPSA) is 23.6 Å². The molecule has 0 bridgehead atoms. The number of rotatable bonds is 6. The summed E-state index contributed by atoms with van der Waals surface area (Å²) in [6.07, 6.45) is 8.74. The Balaban J connectivity index is 1.57. The first-order valence-corrected chi connectivity index (χ1v) is 8.77. The van der Waals surface area contributed by atoms with Crippen molar-refractivity contribution in [3.8, 4) is 0 Å². The normalized spacial score (nSPS) is 19.4. The molecule has 22 heavy (non-hydrogen) atoms. The van der Waals surface area contributed by atoms with Crippen molar-refractivity contribution in [2.45, 2.75) is 63.6 Å². The lowest BCUT2D eigenvalue weighted by molar-refractivity contribution is -0.134. The van der Waals surface area contributed by atoms with Gasteiger partial charge in [-0.1, -0.05) is 49.6 Å². The van der Waals surface area contributed by atoms with Crippen molar-refractivity contribution >= 4 is 5.91 Å². The van der Waals surface area contributed by atoms with Crippen LogP contribution < -0.4 is 0 Å². The van der Waals surface area contributed by atoms with Gasteiger partial charge < -0.3 is 4.90 Å². The Labute approximate surface area is 134 Å². The van der Waals surface area contributed by atoms with Crippen LogP contribution in [0.15, 0.2) is 30.3 Å². The average Bonchev–Trinajstić information content (AvgIpc) is 3.40. The summed E-state index contributed by atoms with van der Waals surface area (Å²) in [6, 6.07) is 11.6. The predicted octanol–water partition coefficient (Wildman–Crippen LogP) is 3.44. The van der Waals surface area contributed by atoms with Crippen molar-refractivity contribution in [3.63, 3.8) is 0 Å². The van der Waals surface area contributed by atoms with E-state index in [4.69, 9.17) is 0 Å². The molecular formula is C19H28N2O. The minimum Gasteiger partial charge on any atom is -0.342 e. The van der Waals surface area contributed by atoms with Gasteiger partial charge in [0.1, 0.15) is 0 Å². The van der Waals surface area contributed by atoms with Crippen LogP contribution in [0.2, 0.25) is 0 Å². The van der Waals surface area contributed by atoms with Gasteiger partial charge in [-0.15, -0.1) is 0 Å². The summed E-state index contributed by atoms with van der Waals surface area (Å²) in [7, 11) is 2.01. The second-order valence-corrected chi connectivity index (χ2v) is 6.92. The fraction of sp³-hybridized carbons (Fsp3) is 0.632. The van der Waals surface area contributed by atoms with E-state index in [1.807, 2.05) is 18.0 Å². The predicted molar refractivity (Wildman–Crippen MR) is 89.5 cm³/mol. The molecule has 2 aliphatic rings. The zero-order valence-corrected chi connectivity index (χ0v) is 13.7. The monoisotopic (exact) mass is 300 g/mol. The Hall–Kier alpha value is -1.35. The van der Waals surface area contributed by atoms with Crippen molar-refractivity contribution < 1.29 is 4.79 Å². The van der Waals surface area contributed by atoms with Crippen molar-refractivity contribution in [2.24, 2.45) is 0 Å². The highest BCUT2D eigenvalue weighted by Gasteiger charge is 2.32. The molecule has 0 radical (unpaired) electrons. The molecule has 2 aliphatic carbocycles. The van der Waals surface area contributed by atoms with Gasteiger partial charge in [0.25, 0.3) is 0 Å². The Kier molecular flexibility index (Phi) is 5.14. The van der Waals surface area contributed by atoms with E-state index in [0.29, 0.717) is 24.5 Å². The van der Waals surface area contributed by atoms with Crippen molar-refractivity contribution in [1.82, 2.24) is 9.80 Å². The minimum atomic E-state index is 0.301. The molecule has 2 fully saturated rings. The minimum absolute atomic E-state index is 0.301. The van der Waals surface area contributed by atoms with E-state index in [9.17, 15) is 4.79 Å². The largest absolute Gasteiger partial charge is 0.342 e. The average molecular weight is 300 g/mol. The van der Waals surface area contributed by atoms with Gasteiger partial charge in [0.2, 0.25) is 5.91 Å². The number of hydrogen-bond acceptors (Lipinski definition) is 2. The molecule has 3 rings (SSSR count). The van der Waals surface area contributed by atoms with Gasteiger partial charge in [-0.2, -0.15) is 0 Å². The van der Waals surface area contributed by atoms with Crippen LogP contribution in [0.3, 0.4) is 0 Å². The molecule has 3 heteroatoms. The highest BCUT2D eigenvalue weighted by atomic mass is 16.2. The molecule has 0 heterocycles. The lowest BCUT2D eigenvalue weighted by Crippen LogP contribution is -2.44. The molecule has 0 aromatic heterocycles. The molecule has 0 atom stereocenters. The third kappa shape index (κ3) is 4.10. The van der Waals surface area contributed by atoms with Gasteiger partial charge in [0.05, 0.1) is 6.54 Å². The SMILES string of the molecule is CN(C(=O)CN(Cc1ccccc1)C1CC1)C1CCCCC1. The van der Waals surface area contributed by atoms with Crippen LogP contribution in [-0.4, -0.2) is 41.4 Å². The third-order valence-electron chi connectivity index (χ3n) is 5.15. The summed E-state index contributed by atoms with van der Waals surface area (Å²) in [6.45, 7) is 1.47. The van der Waals surface area contributed by atoms with Gasteiger partial charge in [-0.25, -0.2) is 0 Å². The summed E-state index contributed by atoms with van der Waals surface area (Å²) in [4.78, 5) is 17.1. The molecule has 1 aromatic carbocycles. The lowest BCUT2D eigenvalue weighted by atomic mass is 9.94. The summed E-state index contributed by atoms with van der Waals surface area (Å²) >= 11 is 0. The molecule has 1 amide bonds. The quantitative estimate of drug-likeness (QED) is 0.803. The van der Waals surface area contributed by atoms with E-state index in [1.165, 1.54) is 50.5 Å². The van der Waals surface area contributed by atoms with Crippen LogP contribution in [0.4, 0.5) is 0 Å². The number of carbonyl (C=O) groups is 1. The first-order chi connectivity index (χ1) is 10.7. The van der Waals surface area contributed by atoms with Crippen molar-refractivity contribution in [1.29, 1.82) is 0 Å². The Morgan fingerprint density at radius 2 is 1.68 bits per heavy atom. The van der Waals surface area contributed by atoms with Gasteiger partial charge in [-0.3, -0.25) is 9.69 Å². The zero-order valence-electron chi connectivity index (χ0n) is 13.7. The molecule has 0 aliphatic heterocycles. The molecule has 0 N–H and O–H groups in total. The van der Waals surface area contributed by atoms with Gasteiger partial charge >= 0.3 is 0 Å². The van der Waals surface area contributed by atoms with Crippen molar-refractivity contribution in [3.05, 3.63) is 35.9 Å². The molecule has 2 saturated carbocycles. The molecule has 0 spiro atoms. The standard InChI is InChI=1S/C19H28N2O/c1-20(17-10-6-3-7-11-17)19(22)15-21(18-12-13-18)14-16-8-4-2-5-9-16/h2,4-5,8-9,17-18H,3,6-7,10-15H2,1H3. The summed E-state index contributed by atoms with van der Waals surface area (Å²) < 4.78 is 0. The Morgan fingerprint density at radius 3 is 2.32 bits per heavy atom. The van der Waals surface area contributed by atoms with Crippen LogP contribution in [0.5, 0.6) is 0 Å². The van der Waals surface area contributed by atoms with Crippen molar-refractivity contribution in [2.75, 3.05) is 13.6 Å². The van der Waals surface area contributed by atoms with E-state index < -0.39 is 0 Å². The summed E-state index contributed by atoms with van der Waals surface area (Å²) in [5.74, 6) is 0.301. The number of benzene rings is 1. The fourth-order valence-corrected chi connectivity index (χ4v) is 3.53. The highest BCUT2D eigenvalue weighted by molar-refractivity contribution is 5.78. The molecule has 0 unspecified atom stereocenters. The Bertz CT molecular complexity index is 477. The first-order valence-electron chi connectivity index (χ1n) is 8.77. The number of carbonyl (C=O) groups excluding carboxylic acids is 1.